The first-order valence-electron chi connectivity index (χ1n) is 13.5. The zero-order chi connectivity index (χ0) is 29.1. The van der Waals surface area contributed by atoms with Crippen LogP contribution in [0.25, 0.3) is 11.3 Å². The minimum atomic E-state index is -4.65. The Balaban J connectivity index is 1.72. The van der Waals surface area contributed by atoms with Crippen LogP contribution in [0.4, 0.5) is 5.69 Å². The van der Waals surface area contributed by atoms with Crippen molar-refractivity contribution < 1.29 is 33.8 Å². The number of nitrogens with zero attached hydrogens (tertiary/aromatic N) is 3. The summed E-state index contributed by atoms with van der Waals surface area (Å²) in [7, 11) is -4.65. The number of aromatic nitrogens is 1. The maximum atomic E-state index is 13.3. The van der Waals surface area contributed by atoms with Crippen LogP contribution in [0.2, 0.25) is 0 Å². The second-order valence-electron chi connectivity index (χ2n) is 9.81. The number of carboxylic acids is 1. The predicted octanol–water partition coefficient (Wildman–Crippen LogP) is 2.25. The third-order valence-corrected chi connectivity index (χ3v) is 7.37. The van der Waals surface area contributed by atoms with Crippen molar-refractivity contribution in [3.63, 3.8) is 0 Å². The summed E-state index contributed by atoms with van der Waals surface area (Å²) in [5.41, 5.74) is 2.03. The number of hydrogen-bond acceptors (Lipinski definition) is 7. The molecule has 3 rings (SSSR count). The number of piperazine rings is 1. The Morgan fingerprint density at radius 3 is 2.38 bits per heavy atom. The molecule has 0 bridgehead atoms. The highest BCUT2D eigenvalue weighted by Gasteiger charge is 2.34. The van der Waals surface area contributed by atoms with Gasteiger partial charge in [0.1, 0.15) is 11.7 Å². The molecule has 1 saturated heterocycles. The molecule has 0 radical (unpaired) electrons. The monoisotopic (exact) mass is 575 g/mol. The van der Waals surface area contributed by atoms with Crippen LogP contribution in [0.5, 0.6) is 0 Å². The van der Waals surface area contributed by atoms with Gasteiger partial charge in [0.15, 0.2) is 0 Å². The van der Waals surface area contributed by atoms with E-state index in [0.717, 1.165) is 18.4 Å². The summed E-state index contributed by atoms with van der Waals surface area (Å²) in [6, 6.07) is 11.2. The van der Waals surface area contributed by atoms with Gasteiger partial charge in [-0.05, 0) is 37.9 Å². The molecule has 0 spiro atoms. The van der Waals surface area contributed by atoms with E-state index >= 15 is 0 Å². The first-order chi connectivity index (χ1) is 19.1. The number of carbonyl (C=O) groups is 3. The second-order valence-corrected chi connectivity index (χ2v) is 11.5. The maximum absolute atomic E-state index is 13.3. The minimum absolute atomic E-state index is 0.0228. The number of amides is 2. The van der Waals surface area contributed by atoms with Crippen LogP contribution in [0, 0.1) is 0 Å². The van der Waals surface area contributed by atoms with Gasteiger partial charge in [0.05, 0.1) is 11.9 Å². The molecule has 1 atom stereocenters. The minimum Gasteiger partial charge on any atom is -0.481 e. The van der Waals surface area contributed by atoms with Crippen LogP contribution in [0.1, 0.15) is 43.1 Å². The molecule has 1 fully saturated rings. The molecule has 12 nitrogen and oxygen atoms in total. The molecule has 2 amide bonds. The Labute approximate surface area is 233 Å². The van der Waals surface area contributed by atoms with E-state index in [4.69, 9.17) is 5.11 Å². The summed E-state index contributed by atoms with van der Waals surface area (Å²) in [5, 5.41) is 14.5. The van der Waals surface area contributed by atoms with E-state index in [1.807, 2.05) is 43.3 Å². The lowest BCUT2D eigenvalue weighted by molar-refractivity contribution is -0.137. The average Bonchev–Trinajstić information content (AvgIpc) is 2.93. The third-order valence-electron chi connectivity index (χ3n) is 6.53. The largest absolute Gasteiger partial charge is 0.481 e. The van der Waals surface area contributed by atoms with Crippen molar-refractivity contribution in [1.82, 2.24) is 20.1 Å². The highest BCUT2D eigenvalue weighted by molar-refractivity contribution is 7.51. The Morgan fingerprint density at radius 1 is 1.05 bits per heavy atom. The zero-order valence-corrected chi connectivity index (χ0v) is 23.6. The number of pyridine rings is 1. The molecule has 1 aliphatic rings. The van der Waals surface area contributed by atoms with Gasteiger partial charge in [0, 0.05) is 50.4 Å². The van der Waals surface area contributed by atoms with Gasteiger partial charge in [0.25, 0.3) is 5.91 Å². The lowest BCUT2D eigenvalue weighted by atomic mass is 10.1. The molecule has 1 aromatic carbocycles. The summed E-state index contributed by atoms with van der Waals surface area (Å²) >= 11 is 0. The van der Waals surface area contributed by atoms with Gasteiger partial charge in [-0.3, -0.25) is 23.8 Å². The fourth-order valence-corrected chi connectivity index (χ4v) is 5.18. The SMILES string of the molecule is CCCNc1cc(C(=O)N[C@@H](CP(=O)(O)O)C(=O)N2CCN(CCCCC(=O)O)CC2)nc(-c2ccccc2)c1. The highest BCUT2D eigenvalue weighted by atomic mass is 31.2. The molecule has 13 heteroatoms. The Bertz CT molecular complexity index is 1200. The number of unbranched alkanes of at least 4 members (excludes halogenated alkanes) is 1. The number of anilines is 1. The van der Waals surface area contributed by atoms with Crippen molar-refractivity contribution in [3.8, 4) is 11.3 Å². The first-order valence-corrected chi connectivity index (χ1v) is 15.2. The summed E-state index contributed by atoms with van der Waals surface area (Å²) in [6.07, 6.45) is 1.44. The van der Waals surface area contributed by atoms with E-state index in [1.54, 1.807) is 6.07 Å². The molecule has 0 unspecified atom stereocenters. The maximum Gasteiger partial charge on any atom is 0.328 e. The van der Waals surface area contributed by atoms with Crippen LogP contribution in [-0.2, 0) is 14.2 Å². The standard InChI is InChI=1S/C27H38N5O7P/c1-2-11-28-21-17-22(20-8-4-3-5-9-20)29-23(18-21)26(35)30-24(19-40(37,38)39)27(36)32-15-13-31(14-16-32)12-7-6-10-25(33)34/h3-5,8-9,17-18,24H,2,6-7,10-16,19H2,1H3,(H,28,29)(H,30,35)(H,33,34)(H2,37,38,39)/t24-/m0/s1. The van der Waals surface area contributed by atoms with Crippen LogP contribution in [0.3, 0.4) is 0 Å². The number of aliphatic carboxylic acids is 1. The molecule has 0 saturated carbocycles. The molecule has 2 aromatic rings. The lowest BCUT2D eigenvalue weighted by Gasteiger charge is -2.36. The summed E-state index contributed by atoms with van der Waals surface area (Å²) < 4.78 is 11.9. The lowest BCUT2D eigenvalue weighted by Crippen LogP contribution is -2.56. The Morgan fingerprint density at radius 2 is 1.75 bits per heavy atom. The van der Waals surface area contributed by atoms with E-state index in [1.165, 1.54) is 4.90 Å². The molecule has 40 heavy (non-hydrogen) atoms. The molecule has 0 aliphatic carbocycles. The molecule has 1 aliphatic heterocycles. The topological polar surface area (TPSA) is 172 Å². The zero-order valence-electron chi connectivity index (χ0n) is 22.7. The van der Waals surface area contributed by atoms with Gasteiger partial charge in [-0.1, -0.05) is 37.3 Å². The van der Waals surface area contributed by atoms with Gasteiger partial charge in [-0.2, -0.15) is 0 Å². The van der Waals surface area contributed by atoms with Crippen molar-refractivity contribution >= 4 is 31.1 Å². The third kappa shape index (κ3) is 10.0. The number of nitrogens with one attached hydrogen (secondary N) is 2. The van der Waals surface area contributed by atoms with Crippen molar-refractivity contribution in [2.24, 2.45) is 0 Å². The molecule has 2 heterocycles. The van der Waals surface area contributed by atoms with Crippen molar-refractivity contribution in [3.05, 3.63) is 48.2 Å². The average molecular weight is 576 g/mol. The normalized spacial score (nSPS) is 14.9. The smallest absolute Gasteiger partial charge is 0.328 e. The molecule has 218 valence electrons. The number of carbonyl (C=O) groups excluding carboxylic acids is 2. The van der Waals surface area contributed by atoms with E-state index in [2.05, 4.69) is 20.5 Å². The highest BCUT2D eigenvalue weighted by Crippen LogP contribution is 2.35. The van der Waals surface area contributed by atoms with Crippen molar-refractivity contribution in [2.75, 3.05) is 50.7 Å². The van der Waals surface area contributed by atoms with Gasteiger partial charge < -0.3 is 30.4 Å². The number of hydrogen-bond donors (Lipinski definition) is 5. The molecular weight excluding hydrogens is 537 g/mol. The van der Waals surface area contributed by atoms with Crippen molar-refractivity contribution in [2.45, 2.75) is 38.6 Å². The van der Waals surface area contributed by atoms with Crippen LogP contribution in [-0.4, -0.2) is 98.9 Å². The van der Waals surface area contributed by atoms with Gasteiger partial charge in [-0.25, -0.2) is 4.98 Å². The predicted molar refractivity (Wildman–Crippen MR) is 151 cm³/mol. The molecule has 1 aromatic heterocycles. The number of carboxylic acid groups (broad SMARTS) is 1. The number of benzene rings is 1. The fraction of sp³-hybridized carbons (Fsp3) is 0.481. The van der Waals surface area contributed by atoms with Gasteiger partial charge in [-0.15, -0.1) is 0 Å². The van der Waals surface area contributed by atoms with Crippen LogP contribution >= 0.6 is 7.60 Å². The quantitative estimate of drug-likeness (QED) is 0.166. The van der Waals surface area contributed by atoms with E-state index in [0.29, 0.717) is 57.1 Å². The Kier molecular flexibility index (Phi) is 11.6. The molecular formula is C27H38N5O7P. The number of rotatable bonds is 14. The van der Waals surface area contributed by atoms with Gasteiger partial charge in [0.2, 0.25) is 5.91 Å². The first kappa shape index (κ1) is 31.2. The van der Waals surface area contributed by atoms with Crippen LogP contribution in [0.15, 0.2) is 42.5 Å². The second kappa shape index (κ2) is 14.9. The van der Waals surface area contributed by atoms with E-state index in [-0.39, 0.29) is 12.1 Å². The van der Waals surface area contributed by atoms with Crippen molar-refractivity contribution in [1.29, 1.82) is 0 Å². The summed E-state index contributed by atoms with van der Waals surface area (Å²) in [4.78, 5) is 64.8. The summed E-state index contributed by atoms with van der Waals surface area (Å²) in [5.74, 6) is -2.10. The molecule has 5 N–H and O–H groups in total. The van der Waals surface area contributed by atoms with Gasteiger partial charge >= 0.3 is 13.6 Å². The van der Waals surface area contributed by atoms with Crippen LogP contribution < -0.4 is 10.6 Å². The van der Waals surface area contributed by atoms with E-state index < -0.39 is 37.6 Å². The Hall–Kier alpha value is -3.31. The van der Waals surface area contributed by atoms with E-state index in [9.17, 15) is 28.7 Å². The fourth-order valence-electron chi connectivity index (χ4n) is 4.45. The summed E-state index contributed by atoms with van der Waals surface area (Å²) in [6.45, 7) is 5.14.